The first kappa shape index (κ1) is 13.5. The lowest BCUT2D eigenvalue weighted by atomic mass is 9.93. The lowest BCUT2D eigenvalue weighted by molar-refractivity contribution is 0.221. The molecule has 1 atom stereocenters. The molecule has 0 saturated carbocycles. The summed E-state index contributed by atoms with van der Waals surface area (Å²) in [6, 6.07) is 0. The number of oxime groups is 1. The van der Waals surface area contributed by atoms with Gasteiger partial charge in [0.2, 0.25) is 0 Å². The summed E-state index contributed by atoms with van der Waals surface area (Å²) in [6.45, 7) is 10.1. The summed E-state index contributed by atoms with van der Waals surface area (Å²) in [4.78, 5) is 2.52. The van der Waals surface area contributed by atoms with Gasteiger partial charge in [0, 0.05) is 25.4 Å². The van der Waals surface area contributed by atoms with Crippen molar-refractivity contribution in [2.75, 3.05) is 19.6 Å². The second kappa shape index (κ2) is 6.89. The minimum Gasteiger partial charge on any atom is -0.411 e. The molecule has 1 unspecified atom stereocenters. The van der Waals surface area contributed by atoms with E-state index in [0.29, 0.717) is 5.92 Å². The van der Waals surface area contributed by atoms with Gasteiger partial charge in [-0.2, -0.15) is 0 Å². The fraction of sp³-hybridized carbons (Fsp3) is 0.923. The van der Waals surface area contributed by atoms with E-state index in [2.05, 4.69) is 30.8 Å². The summed E-state index contributed by atoms with van der Waals surface area (Å²) in [6.07, 6.45) is 4.63. The fourth-order valence-corrected chi connectivity index (χ4v) is 2.41. The van der Waals surface area contributed by atoms with Crippen LogP contribution in [0.2, 0.25) is 0 Å². The van der Waals surface area contributed by atoms with Crippen molar-refractivity contribution in [3.05, 3.63) is 0 Å². The topological polar surface area (TPSA) is 35.8 Å². The van der Waals surface area contributed by atoms with Crippen LogP contribution in [0, 0.1) is 11.8 Å². The van der Waals surface area contributed by atoms with Crippen LogP contribution < -0.4 is 0 Å². The molecular weight excluding hydrogens is 200 g/mol. The first-order valence-electron chi connectivity index (χ1n) is 6.60. The van der Waals surface area contributed by atoms with E-state index in [0.717, 1.165) is 37.6 Å². The molecule has 0 aromatic carbocycles. The van der Waals surface area contributed by atoms with Crippen molar-refractivity contribution in [1.29, 1.82) is 0 Å². The first-order chi connectivity index (χ1) is 7.67. The summed E-state index contributed by atoms with van der Waals surface area (Å²) in [7, 11) is 0. The molecular formula is C13H26N2O. The standard InChI is InChI=1S/C13H26N2O/c1-4-12-10-15(8-5-6-11(2)3)9-7-13(12)14-16/h11-12,16H,4-10H2,1-3H3. The van der Waals surface area contributed by atoms with Gasteiger partial charge >= 0.3 is 0 Å². The van der Waals surface area contributed by atoms with Gasteiger partial charge in [-0.3, -0.25) is 0 Å². The van der Waals surface area contributed by atoms with Crippen molar-refractivity contribution < 1.29 is 5.21 Å². The van der Waals surface area contributed by atoms with Crippen LogP contribution in [0.5, 0.6) is 0 Å². The summed E-state index contributed by atoms with van der Waals surface area (Å²) >= 11 is 0. The van der Waals surface area contributed by atoms with Gasteiger partial charge in [0.05, 0.1) is 5.71 Å². The second-order valence-corrected chi connectivity index (χ2v) is 5.28. The van der Waals surface area contributed by atoms with Crippen LogP contribution in [0.4, 0.5) is 0 Å². The first-order valence-corrected chi connectivity index (χ1v) is 6.60. The normalized spacial score (nSPS) is 25.5. The number of rotatable bonds is 5. The number of likely N-dealkylation sites (tertiary alicyclic amines) is 1. The van der Waals surface area contributed by atoms with Crippen LogP contribution in [0.15, 0.2) is 5.16 Å². The Morgan fingerprint density at radius 3 is 2.81 bits per heavy atom. The third-order valence-corrected chi connectivity index (χ3v) is 3.51. The van der Waals surface area contributed by atoms with Gasteiger partial charge in [-0.05, 0) is 31.7 Å². The predicted molar refractivity (Wildman–Crippen MR) is 68.1 cm³/mol. The molecule has 0 aromatic heterocycles. The Hall–Kier alpha value is -0.570. The number of piperidine rings is 1. The van der Waals surface area contributed by atoms with Gasteiger partial charge in [0.1, 0.15) is 0 Å². The lowest BCUT2D eigenvalue weighted by Crippen LogP contribution is -2.41. The summed E-state index contributed by atoms with van der Waals surface area (Å²) in [5, 5.41) is 12.3. The van der Waals surface area contributed by atoms with E-state index in [4.69, 9.17) is 5.21 Å². The number of hydrogen-bond donors (Lipinski definition) is 1. The van der Waals surface area contributed by atoms with E-state index in [1.807, 2.05) is 0 Å². The quantitative estimate of drug-likeness (QED) is 0.578. The minimum absolute atomic E-state index is 0.470. The van der Waals surface area contributed by atoms with Gasteiger partial charge in [0.25, 0.3) is 0 Å². The maximum Gasteiger partial charge on any atom is 0.0627 e. The van der Waals surface area contributed by atoms with Gasteiger partial charge in [-0.25, -0.2) is 0 Å². The summed E-state index contributed by atoms with van der Waals surface area (Å²) < 4.78 is 0. The van der Waals surface area contributed by atoms with Crippen LogP contribution in [0.25, 0.3) is 0 Å². The molecule has 0 spiro atoms. The Morgan fingerprint density at radius 1 is 1.50 bits per heavy atom. The zero-order valence-electron chi connectivity index (χ0n) is 10.9. The van der Waals surface area contributed by atoms with Crippen LogP contribution in [0.3, 0.4) is 0 Å². The molecule has 16 heavy (non-hydrogen) atoms. The molecule has 3 heteroatoms. The van der Waals surface area contributed by atoms with Crippen molar-refractivity contribution in [3.8, 4) is 0 Å². The molecule has 0 bridgehead atoms. The maximum absolute atomic E-state index is 8.90. The van der Waals surface area contributed by atoms with E-state index in [1.165, 1.54) is 19.4 Å². The average molecular weight is 226 g/mol. The van der Waals surface area contributed by atoms with E-state index in [1.54, 1.807) is 0 Å². The van der Waals surface area contributed by atoms with E-state index < -0.39 is 0 Å². The molecule has 0 radical (unpaired) electrons. The second-order valence-electron chi connectivity index (χ2n) is 5.28. The lowest BCUT2D eigenvalue weighted by Gasteiger charge is -2.32. The monoisotopic (exact) mass is 226 g/mol. The Bertz CT molecular complexity index is 226. The smallest absolute Gasteiger partial charge is 0.0627 e. The highest BCUT2D eigenvalue weighted by Crippen LogP contribution is 2.18. The van der Waals surface area contributed by atoms with Gasteiger partial charge in [-0.1, -0.05) is 25.9 Å². The highest BCUT2D eigenvalue weighted by Gasteiger charge is 2.24. The fourth-order valence-electron chi connectivity index (χ4n) is 2.41. The van der Waals surface area contributed by atoms with Crippen molar-refractivity contribution in [1.82, 2.24) is 4.90 Å². The molecule has 1 fully saturated rings. The largest absolute Gasteiger partial charge is 0.411 e. The number of hydrogen-bond acceptors (Lipinski definition) is 3. The maximum atomic E-state index is 8.90. The Balaban J connectivity index is 2.31. The molecule has 1 rings (SSSR count). The highest BCUT2D eigenvalue weighted by molar-refractivity contribution is 5.87. The van der Waals surface area contributed by atoms with Crippen molar-refractivity contribution in [2.24, 2.45) is 17.0 Å². The summed E-state index contributed by atoms with van der Waals surface area (Å²) in [5.41, 5.74) is 1.00. The summed E-state index contributed by atoms with van der Waals surface area (Å²) in [5.74, 6) is 1.28. The highest BCUT2D eigenvalue weighted by atomic mass is 16.4. The van der Waals surface area contributed by atoms with Crippen molar-refractivity contribution in [2.45, 2.75) is 46.5 Å². The van der Waals surface area contributed by atoms with Gasteiger partial charge in [0.15, 0.2) is 0 Å². The molecule has 3 nitrogen and oxygen atoms in total. The molecule has 1 N–H and O–H groups in total. The zero-order chi connectivity index (χ0) is 12.0. The van der Waals surface area contributed by atoms with Crippen LogP contribution >= 0.6 is 0 Å². The minimum atomic E-state index is 0.470. The van der Waals surface area contributed by atoms with E-state index in [9.17, 15) is 0 Å². The molecule has 1 aliphatic heterocycles. The third kappa shape index (κ3) is 4.12. The molecule has 0 aromatic rings. The third-order valence-electron chi connectivity index (χ3n) is 3.51. The predicted octanol–water partition coefficient (Wildman–Crippen LogP) is 2.98. The van der Waals surface area contributed by atoms with Gasteiger partial charge in [-0.15, -0.1) is 0 Å². The molecule has 0 amide bonds. The molecule has 1 aliphatic rings. The number of nitrogens with zero attached hydrogens (tertiary/aromatic N) is 2. The van der Waals surface area contributed by atoms with Crippen molar-refractivity contribution >= 4 is 5.71 Å². The van der Waals surface area contributed by atoms with E-state index in [-0.39, 0.29) is 0 Å². The molecule has 1 saturated heterocycles. The van der Waals surface area contributed by atoms with Crippen LogP contribution in [-0.4, -0.2) is 35.5 Å². The van der Waals surface area contributed by atoms with Crippen LogP contribution in [-0.2, 0) is 0 Å². The Kier molecular flexibility index (Phi) is 5.81. The van der Waals surface area contributed by atoms with Gasteiger partial charge < -0.3 is 10.1 Å². The average Bonchev–Trinajstić information content (AvgIpc) is 2.28. The van der Waals surface area contributed by atoms with Crippen molar-refractivity contribution in [3.63, 3.8) is 0 Å². The van der Waals surface area contributed by atoms with Crippen LogP contribution in [0.1, 0.15) is 46.5 Å². The molecule has 0 aliphatic carbocycles. The zero-order valence-corrected chi connectivity index (χ0v) is 10.9. The molecule has 94 valence electrons. The molecule has 1 heterocycles. The Labute approximate surface area is 99.5 Å². The Morgan fingerprint density at radius 2 is 2.25 bits per heavy atom. The SMILES string of the molecule is CCC1CN(CCCC(C)C)CCC1=NO. The van der Waals surface area contributed by atoms with E-state index >= 15 is 0 Å².